The number of Topliss-reactive ketones (excluding diaryl/α,β-unsaturated/α-hetero) is 2. The van der Waals surface area contributed by atoms with Crippen molar-refractivity contribution >= 4 is 39.1 Å². The standard InChI is InChI=1S/C17H17BrClNO3/c1-8-15(10(3)21)9(2)20-16(8)17(22)11(4)23-14-6-5-12(19)7-13(14)18/h5-7,11,20H,1-4H3/t11-/m0/s1. The number of nitrogens with one attached hydrogen (secondary N) is 1. The maximum atomic E-state index is 12.6. The zero-order valence-electron chi connectivity index (χ0n) is 13.3. The van der Waals surface area contributed by atoms with Crippen LogP contribution in [0.4, 0.5) is 0 Å². The van der Waals surface area contributed by atoms with Crippen molar-refractivity contribution in [3.8, 4) is 5.75 Å². The van der Waals surface area contributed by atoms with Crippen LogP contribution in [0.25, 0.3) is 0 Å². The minimum atomic E-state index is -0.705. The zero-order chi connectivity index (χ0) is 17.3. The van der Waals surface area contributed by atoms with Crippen LogP contribution in [-0.4, -0.2) is 22.7 Å². The lowest BCUT2D eigenvalue weighted by Crippen LogP contribution is -2.25. The van der Waals surface area contributed by atoms with E-state index < -0.39 is 6.10 Å². The Bertz CT molecular complexity index is 782. The van der Waals surface area contributed by atoms with E-state index in [0.29, 0.717) is 37.8 Å². The predicted octanol–water partition coefficient (Wildman–Crippen LogP) is 4.90. The van der Waals surface area contributed by atoms with Gasteiger partial charge in [-0.05, 0) is 67.4 Å². The third-order valence-corrected chi connectivity index (χ3v) is 4.46. The number of carbonyl (C=O) groups excluding carboxylic acids is 2. The van der Waals surface area contributed by atoms with Crippen LogP contribution in [0.15, 0.2) is 22.7 Å². The molecule has 0 saturated heterocycles. The van der Waals surface area contributed by atoms with Gasteiger partial charge in [-0.1, -0.05) is 11.6 Å². The fourth-order valence-electron chi connectivity index (χ4n) is 2.54. The second kappa shape index (κ2) is 6.89. The van der Waals surface area contributed by atoms with Crippen molar-refractivity contribution in [3.63, 3.8) is 0 Å². The summed E-state index contributed by atoms with van der Waals surface area (Å²) in [4.78, 5) is 27.3. The van der Waals surface area contributed by atoms with Crippen molar-refractivity contribution in [2.45, 2.75) is 33.8 Å². The molecule has 0 radical (unpaired) electrons. The Balaban J connectivity index is 2.27. The van der Waals surface area contributed by atoms with Crippen molar-refractivity contribution < 1.29 is 14.3 Å². The lowest BCUT2D eigenvalue weighted by Gasteiger charge is -2.15. The molecule has 0 bridgehead atoms. The average Bonchev–Trinajstić information content (AvgIpc) is 2.76. The van der Waals surface area contributed by atoms with Crippen molar-refractivity contribution in [1.82, 2.24) is 4.98 Å². The van der Waals surface area contributed by atoms with Gasteiger partial charge in [-0.3, -0.25) is 9.59 Å². The molecule has 23 heavy (non-hydrogen) atoms. The van der Waals surface area contributed by atoms with Crippen molar-refractivity contribution in [2.75, 3.05) is 0 Å². The highest BCUT2D eigenvalue weighted by Crippen LogP contribution is 2.29. The summed E-state index contributed by atoms with van der Waals surface area (Å²) in [6.07, 6.45) is -0.705. The number of aromatic amines is 1. The lowest BCUT2D eigenvalue weighted by molar-refractivity contribution is 0.0811. The smallest absolute Gasteiger partial charge is 0.219 e. The van der Waals surface area contributed by atoms with Gasteiger partial charge in [-0.25, -0.2) is 0 Å². The van der Waals surface area contributed by atoms with E-state index >= 15 is 0 Å². The van der Waals surface area contributed by atoms with Crippen LogP contribution in [0.5, 0.6) is 5.75 Å². The fraction of sp³-hybridized carbons (Fsp3) is 0.294. The number of H-pyrrole nitrogens is 1. The van der Waals surface area contributed by atoms with Gasteiger partial charge in [0.15, 0.2) is 11.9 Å². The quantitative estimate of drug-likeness (QED) is 0.729. The molecule has 0 aliphatic heterocycles. The first kappa shape index (κ1) is 17.8. The number of benzene rings is 1. The lowest BCUT2D eigenvalue weighted by atomic mass is 10.0. The summed E-state index contributed by atoms with van der Waals surface area (Å²) in [6.45, 7) is 6.70. The highest BCUT2D eigenvalue weighted by Gasteiger charge is 2.25. The third kappa shape index (κ3) is 3.67. The van der Waals surface area contributed by atoms with Gasteiger partial charge in [-0.2, -0.15) is 0 Å². The molecule has 0 unspecified atom stereocenters. The maximum Gasteiger partial charge on any atom is 0.219 e. The topological polar surface area (TPSA) is 59.2 Å². The summed E-state index contributed by atoms with van der Waals surface area (Å²) in [5, 5.41) is 0.574. The minimum Gasteiger partial charge on any atom is -0.481 e. The second-order valence-corrected chi connectivity index (χ2v) is 6.67. The first-order valence-electron chi connectivity index (χ1n) is 7.08. The molecule has 0 aliphatic carbocycles. The van der Waals surface area contributed by atoms with E-state index in [0.717, 1.165) is 0 Å². The summed E-state index contributed by atoms with van der Waals surface area (Å²) in [5.74, 6) is 0.257. The van der Waals surface area contributed by atoms with Crippen LogP contribution in [0, 0.1) is 13.8 Å². The van der Waals surface area contributed by atoms with Crippen molar-refractivity contribution in [2.24, 2.45) is 0 Å². The largest absolute Gasteiger partial charge is 0.481 e. The number of ketones is 2. The highest BCUT2D eigenvalue weighted by molar-refractivity contribution is 9.10. The summed E-state index contributed by atoms with van der Waals surface area (Å²) >= 11 is 9.25. The molecule has 122 valence electrons. The van der Waals surface area contributed by atoms with Crippen molar-refractivity contribution in [1.29, 1.82) is 0 Å². The molecule has 1 atom stereocenters. The summed E-state index contributed by atoms with van der Waals surface area (Å²) in [6, 6.07) is 5.09. The Hall–Kier alpha value is -1.59. The number of aromatic nitrogens is 1. The summed E-state index contributed by atoms with van der Waals surface area (Å²) in [7, 11) is 0. The molecule has 1 aromatic carbocycles. The zero-order valence-corrected chi connectivity index (χ0v) is 15.6. The molecule has 0 spiro atoms. The normalized spacial score (nSPS) is 12.1. The number of aryl methyl sites for hydroxylation is 1. The number of hydrogen-bond acceptors (Lipinski definition) is 3. The Morgan fingerprint density at radius 3 is 2.48 bits per heavy atom. The van der Waals surface area contributed by atoms with Gasteiger partial charge in [0, 0.05) is 16.3 Å². The molecule has 2 rings (SSSR count). The molecular weight excluding hydrogens is 382 g/mol. The van der Waals surface area contributed by atoms with Gasteiger partial charge in [0.1, 0.15) is 5.75 Å². The molecule has 1 aromatic heterocycles. The van der Waals surface area contributed by atoms with Crippen LogP contribution in [0.3, 0.4) is 0 Å². The van der Waals surface area contributed by atoms with E-state index in [1.165, 1.54) is 6.92 Å². The SMILES string of the molecule is CC(=O)c1c(C)[nH]c(C(=O)[C@H](C)Oc2ccc(Cl)cc2Br)c1C. The van der Waals surface area contributed by atoms with E-state index in [4.69, 9.17) is 16.3 Å². The number of rotatable bonds is 5. The number of carbonyl (C=O) groups is 2. The summed E-state index contributed by atoms with van der Waals surface area (Å²) < 4.78 is 6.40. The molecule has 6 heteroatoms. The molecule has 1 N–H and O–H groups in total. The van der Waals surface area contributed by atoms with Gasteiger partial charge < -0.3 is 9.72 Å². The number of hydrogen-bond donors (Lipinski definition) is 1. The predicted molar refractivity (Wildman–Crippen MR) is 93.8 cm³/mol. The Kier molecular flexibility index (Phi) is 5.32. The second-order valence-electron chi connectivity index (χ2n) is 5.38. The van der Waals surface area contributed by atoms with Crippen LogP contribution in [0.1, 0.15) is 46.0 Å². The van der Waals surface area contributed by atoms with Crippen LogP contribution >= 0.6 is 27.5 Å². The van der Waals surface area contributed by atoms with E-state index in [-0.39, 0.29) is 11.6 Å². The first-order chi connectivity index (χ1) is 10.7. The van der Waals surface area contributed by atoms with E-state index in [1.807, 2.05) is 0 Å². The number of ether oxygens (including phenoxy) is 1. The molecule has 1 heterocycles. The van der Waals surface area contributed by atoms with Crippen molar-refractivity contribution in [3.05, 3.63) is 50.2 Å². The molecule has 0 amide bonds. The summed E-state index contributed by atoms with van der Waals surface area (Å²) in [5.41, 5.74) is 2.32. The van der Waals surface area contributed by atoms with E-state index in [1.54, 1.807) is 39.0 Å². The van der Waals surface area contributed by atoms with Crippen LogP contribution < -0.4 is 4.74 Å². The molecule has 0 aliphatic rings. The van der Waals surface area contributed by atoms with Crippen LogP contribution in [-0.2, 0) is 0 Å². The molecule has 4 nitrogen and oxygen atoms in total. The molecule has 2 aromatic rings. The fourth-order valence-corrected chi connectivity index (χ4v) is 3.32. The Morgan fingerprint density at radius 2 is 1.96 bits per heavy atom. The highest BCUT2D eigenvalue weighted by atomic mass is 79.9. The van der Waals surface area contributed by atoms with E-state index in [9.17, 15) is 9.59 Å². The van der Waals surface area contributed by atoms with E-state index in [2.05, 4.69) is 20.9 Å². The Labute approximate surface area is 148 Å². The van der Waals surface area contributed by atoms with Gasteiger partial charge >= 0.3 is 0 Å². The third-order valence-electron chi connectivity index (χ3n) is 3.60. The monoisotopic (exact) mass is 397 g/mol. The minimum absolute atomic E-state index is 0.0654. The first-order valence-corrected chi connectivity index (χ1v) is 8.25. The Morgan fingerprint density at radius 1 is 1.30 bits per heavy atom. The molecular formula is C17H17BrClNO3. The van der Waals surface area contributed by atoms with Gasteiger partial charge in [0.05, 0.1) is 10.2 Å². The number of halogens is 2. The average molecular weight is 399 g/mol. The van der Waals surface area contributed by atoms with Crippen LogP contribution in [0.2, 0.25) is 5.02 Å². The van der Waals surface area contributed by atoms with Gasteiger partial charge in [0.2, 0.25) is 5.78 Å². The molecule has 0 saturated carbocycles. The van der Waals surface area contributed by atoms with Gasteiger partial charge in [0.25, 0.3) is 0 Å². The van der Waals surface area contributed by atoms with Gasteiger partial charge in [-0.15, -0.1) is 0 Å². The maximum absolute atomic E-state index is 12.6. The molecule has 0 fully saturated rings.